The van der Waals surface area contributed by atoms with E-state index >= 15 is 0 Å². The summed E-state index contributed by atoms with van der Waals surface area (Å²) in [4.78, 5) is 22.4. The monoisotopic (exact) mass is 450 g/mol. The summed E-state index contributed by atoms with van der Waals surface area (Å²) in [5, 5.41) is 25.6. The maximum Gasteiger partial charge on any atom is 0.253 e. The molecular formula is C21H16ClFN8O. The van der Waals surface area contributed by atoms with Gasteiger partial charge in [-0.25, -0.2) is 19.0 Å². The number of hydrogen-bond donors (Lipinski definition) is 1. The van der Waals surface area contributed by atoms with Crippen LogP contribution < -0.4 is 10.2 Å². The van der Waals surface area contributed by atoms with Gasteiger partial charge in [0.15, 0.2) is 11.6 Å². The number of carbonyl (C=O) groups excluding carboxylic acids is 1. The number of hydrogen-bond acceptors (Lipinski definition) is 7. The summed E-state index contributed by atoms with van der Waals surface area (Å²) in [6.45, 7) is 2.46. The van der Waals surface area contributed by atoms with Crippen molar-refractivity contribution in [2.45, 2.75) is 19.4 Å². The lowest BCUT2D eigenvalue weighted by Gasteiger charge is -2.19. The number of pyridine rings is 1. The first kappa shape index (κ1) is 21.2. The first-order valence-corrected chi connectivity index (χ1v) is 10.0. The van der Waals surface area contributed by atoms with Crippen molar-refractivity contribution < 1.29 is 9.18 Å². The van der Waals surface area contributed by atoms with E-state index in [1.807, 2.05) is 6.07 Å². The molecule has 32 heavy (non-hydrogen) atoms. The highest BCUT2D eigenvalue weighted by Gasteiger charge is 2.29. The molecule has 1 atom stereocenters. The molecule has 9 nitrogen and oxygen atoms in total. The third-order valence-corrected chi connectivity index (χ3v) is 5.38. The molecule has 0 unspecified atom stereocenters. The van der Waals surface area contributed by atoms with E-state index < -0.39 is 5.82 Å². The van der Waals surface area contributed by atoms with E-state index in [0.29, 0.717) is 30.0 Å². The molecule has 0 spiro atoms. The Morgan fingerprint density at radius 1 is 1.31 bits per heavy atom. The SMILES string of the molecule is Cc1ncn(-c2ccc(C(=O)N[C@@H]3CCN(c4nc(C#N)cc(C#N)c4F)C3)c(Cl)c2)n1. The average Bonchev–Trinajstić information content (AvgIpc) is 3.42. The van der Waals surface area contributed by atoms with Crippen LogP contribution in [0.2, 0.25) is 5.02 Å². The van der Waals surface area contributed by atoms with Gasteiger partial charge in [-0.2, -0.15) is 15.6 Å². The smallest absolute Gasteiger partial charge is 0.253 e. The number of aryl methyl sites for hydroxylation is 1. The number of nitrogens with zero attached hydrogens (tertiary/aromatic N) is 7. The number of benzene rings is 1. The molecule has 11 heteroatoms. The lowest BCUT2D eigenvalue weighted by molar-refractivity contribution is 0.0940. The first-order valence-electron chi connectivity index (χ1n) is 9.64. The van der Waals surface area contributed by atoms with Crippen molar-refractivity contribution in [2.24, 2.45) is 0 Å². The molecular weight excluding hydrogens is 435 g/mol. The Hall–Kier alpha value is -4.02. The van der Waals surface area contributed by atoms with Gasteiger partial charge in [0.1, 0.15) is 30.0 Å². The van der Waals surface area contributed by atoms with E-state index in [0.717, 1.165) is 6.07 Å². The van der Waals surface area contributed by atoms with Gasteiger partial charge >= 0.3 is 0 Å². The van der Waals surface area contributed by atoms with Crippen molar-refractivity contribution in [1.82, 2.24) is 25.1 Å². The highest BCUT2D eigenvalue weighted by atomic mass is 35.5. The lowest BCUT2D eigenvalue weighted by atomic mass is 10.1. The second-order valence-corrected chi connectivity index (χ2v) is 7.63. The van der Waals surface area contributed by atoms with Crippen molar-refractivity contribution in [3.05, 3.63) is 64.1 Å². The van der Waals surface area contributed by atoms with Crippen LogP contribution in [-0.2, 0) is 0 Å². The molecule has 1 N–H and O–H groups in total. The summed E-state index contributed by atoms with van der Waals surface area (Å²) < 4.78 is 16.1. The van der Waals surface area contributed by atoms with Gasteiger partial charge < -0.3 is 10.2 Å². The number of amides is 1. The molecule has 1 aromatic carbocycles. The second-order valence-electron chi connectivity index (χ2n) is 7.22. The molecule has 0 radical (unpaired) electrons. The average molecular weight is 451 g/mol. The minimum atomic E-state index is -0.777. The highest BCUT2D eigenvalue weighted by Crippen LogP contribution is 2.25. The molecule has 0 bridgehead atoms. The predicted molar refractivity (Wildman–Crippen MR) is 113 cm³/mol. The Balaban J connectivity index is 1.47. The van der Waals surface area contributed by atoms with Crippen LogP contribution in [0.15, 0.2) is 30.6 Å². The normalized spacial score (nSPS) is 15.3. The fraction of sp³-hybridized carbons (Fsp3) is 0.238. The van der Waals surface area contributed by atoms with Crippen LogP contribution in [0.5, 0.6) is 0 Å². The van der Waals surface area contributed by atoms with Gasteiger partial charge in [0.05, 0.1) is 21.8 Å². The molecule has 3 aromatic rings. The number of nitriles is 2. The summed E-state index contributed by atoms with van der Waals surface area (Å²) in [6.07, 6.45) is 2.10. The molecule has 3 heterocycles. The summed E-state index contributed by atoms with van der Waals surface area (Å²) in [5.41, 5.74) is 0.688. The van der Waals surface area contributed by atoms with Crippen LogP contribution in [0.1, 0.15) is 33.9 Å². The first-order chi connectivity index (χ1) is 15.4. The Morgan fingerprint density at radius 3 is 2.78 bits per heavy atom. The van der Waals surface area contributed by atoms with Gasteiger partial charge in [-0.3, -0.25) is 4.79 Å². The van der Waals surface area contributed by atoms with Gasteiger partial charge in [-0.05, 0) is 37.6 Å². The summed E-state index contributed by atoms with van der Waals surface area (Å²) in [5.74, 6) is -0.592. The molecule has 1 fully saturated rings. The molecule has 1 aliphatic rings. The zero-order valence-electron chi connectivity index (χ0n) is 16.9. The van der Waals surface area contributed by atoms with Crippen molar-refractivity contribution in [2.75, 3.05) is 18.0 Å². The lowest BCUT2D eigenvalue weighted by Crippen LogP contribution is -2.37. The molecule has 4 rings (SSSR count). The minimum absolute atomic E-state index is 0.0418. The third kappa shape index (κ3) is 4.09. The van der Waals surface area contributed by atoms with Crippen molar-refractivity contribution in [3.8, 4) is 17.8 Å². The van der Waals surface area contributed by atoms with E-state index in [4.69, 9.17) is 22.1 Å². The van der Waals surface area contributed by atoms with Crippen molar-refractivity contribution in [1.29, 1.82) is 10.5 Å². The topological polar surface area (TPSA) is 124 Å². The number of aromatic nitrogens is 4. The number of anilines is 1. The Kier molecular flexibility index (Phi) is 5.71. The van der Waals surface area contributed by atoms with E-state index in [1.54, 1.807) is 47.1 Å². The van der Waals surface area contributed by atoms with Gasteiger partial charge in [0.2, 0.25) is 0 Å². The maximum atomic E-state index is 14.6. The maximum absolute atomic E-state index is 14.6. The molecule has 2 aromatic heterocycles. The van der Waals surface area contributed by atoms with E-state index in [1.165, 1.54) is 0 Å². The third-order valence-electron chi connectivity index (χ3n) is 5.07. The molecule has 1 saturated heterocycles. The Morgan fingerprint density at radius 2 is 2.12 bits per heavy atom. The number of nitrogens with one attached hydrogen (secondary N) is 1. The Labute approximate surface area is 187 Å². The zero-order chi connectivity index (χ0) is 22.8. The fourth-order valence-corrected chi connectivity index (χ4v) is 3.76. The van der Waals surface area contributed by atoms with Crippen LogP contribution in [0, 0.1) is 35.4 Å². The number of halogens is 2. The highest BCUT2D eigenvalue weighted by molar-refractivity contribution is 6.34. The van der Waals surface area contributed by atoms with Gasteiger partial charge in [-0.15, -0.1) is 0 Å². The molecule has 1 amide bonds. The van der Waals surface area contributed by atoms with E-state index in [-0.39, 0.29) is 40.6 Å². The predicted octanol–water partition coefficient (Wildman–Crippen LogP) is 2.52. The second kappa shape index (κ2) is 8.61. The molecule has 0 aliphatic carbocycles. The van der Waals surface area contributed by atoms with Gasteiger partial charge in [0, 0.05) is 19.1 Å². The minimum Gasteiger partial charge on any atom is -0.352 e. The molecule has 160 valence electrons. The summed E-state index contributed by atoms with van der Waals surface area (Å²) in [6, 6.07) is 9.34. The van der Waals surface area contributed by atoms with Crippen LogP contribution in [0.3, 0.4) is 0 Å². The van der Waals surface area contributed by atoms with Crippen LogP contribution in [0.4, 0.5) is 10.2 Å². The standard InChI is InChI=1S/C21H16ClFN8O/c1-12-26-11-31(29-12)16-2-3-17(18(22)7-16)21(32)28-14-4-5-30(10-14)20-19(23)13(8-24)6-15(9-25)27-20/h2-3,6-7,11,14H,4-5,10H2,1H3,(H,28,32)/t14-/m1/s1. The summed E-state index contributed by atoms with van der Waals surface area (Å²) in [7, 11) is 0. The largest absolute Gasteiger partial charge is 0.352 e. The van der Waals surface area contributed by atoms with Crippen LogP contribution in [0.25, 0.3) is 5.69 Å². The van der Waals surface area contributed by atoms with Gasteiger partial charge in [0.25, 0.3) is 5.91 Å². The number of carbonyl (C=O) groups is 1. The van der Waals surface area contributed by atoms with Crippen LogP contribution in [-0.4, -0.2) is 44.8 Å². The molecule has 0 saturated carbocycles. The van der Waals surface area contributed by atoms with Crippen molar-refractivity contribution in [3.63, 3.8) is 0 Å². The fourth-order valence-electron chi connectivity index (χ4n) is 3.50. The zero-order valence-corrected chi connectivity index (χ0v) is 17.6. The van der Waals surface area contributed by atoms with Crippen LogP contribution >= 0.6 is 11.6 Å². The van der Waals surface area contributed by atoms with Gasteiger partial charge in [-0.1, -0.05) is 11.6 Å². The van der Waals surface area contributed by atoms with Crippen molar-refractivity contribution >= 4 is 23.3 Å². The quantitative estimate of drug-likeness (QED) is 0.647. The Bertz CT molecular complexity index is 1290. The number of rotatable bonds is 4. The summed E-state index contributed by atoms with van der Waals surface area (Å²) >= 11 is 6.32. The molecule has 1 aliphatic heterocycles. The van der Waals surface area contributed by atoms with E-state index in [2.05, 4.69) is 20.4 Å². The van der Waals surface area contributed by atoms with E-state index in [9.17, 15) is 9.18 Å².